The van der Waals surface area contributed by atoms with E-state index in [0.717, 1.165) is 6.42 Å². The van der Waals surface area contributed by atoms with Crippen LogP contribution in [0.4, 0.5) is 11.4 Å². The lowest BCUT2D eigenvalue weighted by molar-refractivity contribution is -0.384. The average molecular weight is 280 g/mol. The number of nitro benzene ring substituents is 1. The number of carbonyl (C=O) groups excluding carboxylic acids is 1. The van der Waals surface area contributed by atoms with Crippen molar-refractivity contribution in [3.8, 4) is 0 Å². The topological polar surface area (TPSA) is 72.7 Å². The van der Waals surface area contributed by atoms with E-state index in [1.165, 1.54) is 25.3 Å². The first-order valence-electron chi connectivity index (χ1n) is 6.48. The number of anilines is 1. The quantitative estimate of drug-likeness (QED) is 0.455. The van der Waals surface area contributed by atoms with Gasteiger partial charge in [0.15, 0.2) is 0 Å². The first kappa shape index (κ1) is 15.9. The number of hydrogen-bond donors (Lipinski definition) is 0. The molecule has 0 aromatic heterocycles. The Labute approximate surface area is 118 Å². The normalized spacial score (nSPS) is 11.8. The minimum atomic E-state index is -0.502. The fraction of sp³-hybridized carbons (Fsp3) is 0.500. The maximum Gasteiger partial charge on any atom is 0.337 e. The summed E-state index contributed by atoms with van der Waals surface area (Å²) in [6.45, 7) is 4.83. The first-order chi connectivity index (χ1) is 9.40. The monoisotopic (exact) mass is 280 g/mol. The predicted octanol–water partition coefficient (Wildman–Crippen LogP) is 2.86. The summed E-state index contributed by atoms with van der Waals surface area (Å²) in [5, 5.41) is 11.1. The van der Waals surface area contributed by atoms with E-state index >= 15 is 0 Å². The Morgan fingerprint density at radius 2 is 2.15 bits per heavy atom. The van der Waals surface area contributed by atoms with Crippen LogP contribution in [0.5, 0.6) is 0 Å². The number of nitrogens with zero attached hydrogens (tertiary/aromatic N) is 2. The highest BCUT2D eigenvalue weighted by atomic mass is 16.6. The van der Waals surface area contributed by atoms with Gasteiger partial charge in [0.05, 0.1) is 17.6 Å². The Bertz CT molecular complexity index is 502. The van der Waals surface area contributed by atoms with Crippen LogP contribution in [0.1, 0.15) is 30.6 Å². The number of nitro groups is 1. The van der Waals surface area contributed by atoms with Gasteiger partial charge in [0.2, 0.25) is 0 Å². The molecule has 0 saturated heterocycles. The summed E-state index contributed by atoms with van der Waals surface area (Å²) in [5.41, 5.74) is 0.728. The molecule has 1 aromatic rings. The number of methoxy groups -OCH3 is 1. The Morgan fingerprint density at radius 1 is 1.50 bits per heavy atom. The van der Waals surface area contributed by atoms with Crippen molar-refractivity contribution < 1.29 is 14.5 Å². The van der Waals surface area contributed by atoms with Gasteiger partial charge in [-0.25, -0.2) is 4.79 Å². The molecular weight excluding hydrogens is 260 g/mol. The number of ether oxygens (including phenoxy) is 1. The van der Waals surface area contributed by atoms with Gasteiger partial charge in [-0.1, -0.05) is 20.3 Å². The standard InChI is InChI=1S/C14H20N2O4/c1-5-10(2)9-15(3)13-8-11(14(17)20-4)6-7-12(13)16(18)19/h6-8,10H,5,9H2,1-4H3. The zero-order chi connectivity index (χ0) is 15.3. The van der Waals surface area contributed by atoms with Gasteiger partial charge in [-0.3, -0.25) is 10.1 Å². The summed E-state index contributed by atoms with van der Waals surface area (Å²) in [7, 11) is 3.07. The summed E-state index contributed by atoms with van der Waals surface area (Å²) < 4.78 is 4.65. The van der Waals surface area contributed by atoms with Crippen LogP contribution < -0.4 is 4.90 Å². The van der Waals surface area contributed by atoms with Gasteiger partial charge in [-0.05, 0) is 18.1 Å². The van der Waals surface area contributed by atoms with Crippen molar-refractivity contribution in [3.63, 3.8) is 0 Å². The SMILES string of the molecule is CCC(C)CN(C)c1cc(C(=O)OC)ccc1[N+](=O)[O-]. The van der Waals surface area contributed by atoms with Crippen LogP contribution in [0, 0.1) is 16.0 Å². The van der Waals surface area contributed by atoms with Crippen LogP contribution in [0.15, 0.2) is 18.2 Å². The number of rotatable bonds is 6. The van der Waals surface area contributed by atoms with Gasteiger partial charge in [0, 0.05) is 19.7 Å². The second-order valence-electron chi connectivity index (χ2n) is 4.85. The molecular formula is C14H20N2O4. The van der Waals surface area contributed by atoms with Crippen molar-refractivity contribution in [1.82, 2.24) is 0 Å². The number of carbonyl (C=O) groups is 1. The molecule has 0 radical (unpaired) electrons. The Balaban J connectivity index is 3.17. The van der Waals surface area contributed by atoms with Crippen LogP contribution in [-0.4, -0.2) is 31.6 Å². The third kappa shape index (κ3) is 3.69. The molecule has 0 aliphatic carbocycles. The molecule has 0 heterocycles. The number of hydrogen-bond acceptors (Lipinski definition) is 5. The lowest BCUT2D eigenvalue weighted by atomic mass is 10.1. The maximum absolute atomic E-state index is 11.5. The molecule has 0 N–H and O–H groups in total. The van der Waals surface area contributed by atoms with Crippen LogP contribution in [0.3, 0.4) is 0 Å². The molecule has 0 spiro atoms. The molecule has 0 aliphatic rings. The van der Waals surface area contributed by atoms with E-state index in [2.05, 4.69) is 18.6 Å². The van der Waals surface area contributed by atoms with E-state index in [1.54, 1.807) is 11.9 Å². The molecule has 0 fully saturated rings. The minimum Gasteiger partial charge on any atom is -0.465 e. The van der Waals surface area contributed by atoms with Gasteiger partial charge in [-0.2, -0.15) is 0 Å². The highest BCUT2D eigenvalue weighted by Gasteiger charge is 2.20. The Kier molecular flexibility index (Phi) is 5.49. The van der Waals surface area contributed by atoms with E-state index in [1.807, 2.05) is 0 Å². The predicted molar refractivity (Wildman–Crippen MR) is 77.2 cm³/mol. The Morgan fingerprint density at radius 3 is 2.65 bits per heavy atom. The lowest BCUT2D eigenvalue weighted by Gasteiger charge is -2.22. The van der Waals surface area contributed by atoms with Crippen LogP contribution in [0.25, 0.3) is 0 Å². The van der Waals surface area contributed by atoms with Crippen molar-refractivity contribution >= 4 is 17.3 Å². The third-order valence-corrected chi connectivity index (χ3v) is 3.29. The summed E-state index contributed by atoms with van der Waals surface area (Å²) in [6, 6.07) is 4.26. The van der Waals surface area contributed by atoms with E-state index in [0.29, 0.717) is 23.7 Å². The molecule has 6 heteroatoms. The number of esters is 1. The third-order valence-electron chi connectivity index (χ3n) is 3.29. The zero-order valence-corrected chi connectivity index (χ0v) is 12.3. The second-order valence-corrected chi connectivity index (χ2v) is 4.85. The molecule has 0 bridgehead atoms. The molecule has 1 aromatic carbocycles. The van der Waals surface area contributed by atoms with Crippen molar-refractivity contribution in [1.29, 1.82) is 0 Å². The smallest absolute Gasteiger partial charge is 0.337 e. The molecule has 110 valence electrons. The van der Waals surface area contributed by atoms with Crippen molar-refractivity contribution in [2.75, 3.05) is 25.6 Å². The van der Waals surface area contributed by atoms with Crippen molar-refractivity contribution in [3.05, 3.63) is 33.9 Å². The summed E-state index contributed by atoms with van der Waals surface area (Å²) in [6.07, 6.45) is 0.981. The van der Waals surface area contributed by atoms with Crippen LogP contribution in [-0.2, 0) is 4.74 Å². The van der Waals surface area contributed by atoms with E-state index in [-0.39, 0.29) is 5.69 Å². The van der Waals surface area contributed by atoms with Crippen LogP contribution in [0.2, 0.25) is 0 Å². The largest absolute Gasteiger partial charge is 0.465 e. The fourth-order valence-corrected chi connectivity index (χ4v) is 1.92. The molecule has 0 saturated carbocycles. The highest BCUT2D eigenvalue weighted by molar-refractivity contribution is 5.91. The average Bonchev–Trinajstić information content (AvgIpc) is 2.45. The van der Waals surface area contributed by atoms with Gasteiger partial charge >= 0.3 is 5.97 Å². The van der Waals surface area contributed by atoms with Gasteiger partial charge in [0.25, 0.3) is 5.69 Å². The molecule has 6 nitrogen and oxygen atoms in total. The summed E-state index contributed by atoms with van der Waals surface area (Å²) >= 11 is 0. The minimum absolute atomic E-state index is 0.0107. The molecule has 1 rings (SSSR count). The van der Waals surface area contributed by atoms with Gasteiger partial charge < -0.3 is 9.64 Å². The molecule has 0 amide bonds. The van der Waals surface area contributed by atoms with Crippen LogP contribution >= 0.6 is 0 Å². The molecule has 0 aliphatic heterocycles. The van der Waals surface area contributed by atoms with Gasteiger partial charge in [0.1, 0.15) is 5.69 Å². The molecule has 1 atom stereocenters. The molecule has 1 unspecified atom stereocenters. The first-order valence-corrected chi connectivity index (χ1v) is 6.48. The second kappa shape index (κ2) is 6.88. The van der Waals surface area contributed by atoms with Crippen molar-refractivity contribution in [2.45, 2.75) is 20.3 Å². The van der Waals surface area contributed by atoms with E-state index in [9.17, 15) is 14.9 Å². The summed E-state index contributed by atoms with van der Waals surface area (Å²) in [5.74, 6) is -0.0977. The lowest BCUT2D eigenvalue weighted by Crippen LogP contribution is -2.24. The zero-order valence-electron chi connectivity index (χ0n) is 12.3. The van der Waals surface area contributed by atoms with Gasteiger partial charge in [-0.15, -0.1) is 0 Å². The van der Waals surface area contributed by atoms with E-state index in [4.69, 9.17) is 0 Å². The maximum atomic E-state index is 11.5. The Hall–Kier alpha value is -2.11. The van der Waals surface area contributed by atoms with E-state index < -0.39 is 10.9 Å². The highest BCUT2D eigenvalue weighted by Crippen LogP contribution is 2.29. The van der Waals surface area contributed by atoms with Crippen molar-refractivity contribution in [2.24, 2.45) is 5.92 Å². The number of benzene rings is 1. The molecule has 20 heavy (non-hydrogen) atoms. The summed E-state index contributed by atoms with van der Waals surface area (Å²) in [4.78, 5) is 24.0. The fourth-order valence-electron chi connectivity index (χ4n) is 1.92.